The minimum Gasteiger partial charge on any atom is -0.379 e. The summed E-state index contributed by atoms with van der Waals surface area (Å²) in [6.07, 6.45) is 4.07. The quantitative estimate of drug-likeness (QED) is 0.728. The van der Waals surface area contributed by atoms with Gasteiger partial charge in [-0.3, -0.25) is 4.99 Å². The van der Waals surface area contributed by atoms with Crippen LogP contribution in [0.3, 0.4) is 0 Å². The predicted octanol–water partition coefficient (Wildman–Crippen LogP) is 1.25. The first-order valence-corrected chi connectivity index (χ1v) is 5.85. The van der Waals surface area contributed by atoms with Gasteiger partial charge in [0.2, 0.25) is 0 Å². The van der Waals surface area contributed by atoms with E-state index in [1.54, 1.807) is 7.11 Å². The standard InChI is InChI=1S/C9H16N2OS/c1-12-8-4-2-3-7(8)11-9-10-5-6-13-9/h7-8H,2-6H2,1H3,(H,10,11). The summed E-state index contributed by atoms with van der Waals surface area (Å²) < 4.78 is 5.41. The zero-order valence-electron chi connectivity index (χ0n) is 7.95. The Morgan fingerprint density at radius 2 is 2.46 bits per heavy atom. The van der Waals surface area contributed by atoms with E-state index in [4.69, 9.17) is 4.74 Å². The Morgan fingerprint density at radius 1 is 1.54 bits per heavy atom. The van der Waals surface area contributed by atoms with Gasteiger partial charge < -0.3 is 10.1 Å². The van der Waals surface area contributed by atoms with Crippen molar-refractivity contribution >= 4 is 16.9 Å². The molecule has 2 atom stereocenters. The number of hydrogen-bond donors (Lipinski definition) is 1. The van der Waals surface area contributed by atoms with Gasteiger partial charge in [-0.15, -0.1) is 0 Å². The predicted molar refractivity (Wildman–Crippen MR) is 56.3 cm³/mol. The summed E-state index contributed by atoms with van der Waals surface area (Å²) in [6, 6.07) is 0.495. The molecule has 2 aliphatic rings. The third-order valence-electron chi connectivity index (χ3n) is 2.65. The highest BCUT2D eigenvalue weighted by molar-refractivity contribution is 8.14. The lowest BCUT2D eigenvalue weighted by molar-refractivity contribution is 0.0910. The first-order valence-electron chi connectivity index (χ1n) is 4.87. The van der Waals surface area contributed by atoms with Gasteiger partial charge in [-0.25, -0.2) is 0 Å². The summed E-state index contributed by atoms with van der Waals surface area (Å²) in [7, 11) is 1.80. The molecule has 1 heterocycles. The zero-order chi connectivity index (χ0) is 9.10. The van der Waals surface area contributed by atoms with E-state index in [-0.39, 0.29) is 0 Å². The van der Waals surface area contributed by atoms with Crippen LogP contribution in [0.1, 0.15) is 19.3 Å². The van der Waals surface area contributed by atoms with Crippen molar-refractivity contribution in [3.63, 3.8) is 0 Å². The Labute approximate surface area is 83.3 Å². The molecule has 0 radical (unpaired) electrons. The van der Waals surface area contributed by atoms with E-state index in [0.29, 0.717) is 12.1 Å². The molecule has 0 saturated heterocycles. The summed E-state index contributed by atoms with van der Waals surface area (Å²) in [5.74, 6) is 1.13. The maximum absolute atomic E-state index is 5.41. The third kappa shape index (κ3) is 2.17. The van der Waals surface area contributed by atoms with Crippen molar-refractivity contribution < 1.29 is 4.74 Å². The van der Waals surface area contributed by atoms with E-state index in [2.05, 4.69) is 10.3 Å². The molecule has 0 aromatic carbocycles. The molecule has 1 saturated carbocycles. The van der Waals surface area contributed by atoms with E-state index in [9.17, 15) is 0 Å². The third-order valence-corrected chi connectivity index (χ3v) is 3.56. The van der Waals surface area contributed by atoms with Crippen LogP contribution in [0.2, 0.25) is 0 Å². The molecular weight excluding hydrogens is 184 g/mol. The van der Waals surface area contributed by atoms with E-state index in [0.717, 1.165) is 17.5 Å². The van der Waals surface area contributed by atoms with Crippen molar-refractivity contribution in [2.24, 2.45) is 4.99 Å². The normalized spacial score (nSPS) is 33.5. The van der Waals surface area contributed by atoms with Gasteiger partial charge in [-0.2, -0.15) is 0 Å². The average molecular weight is 200 g/mol. The average Bonchev–Trinajstić information content (AvgIpc) is 2.76. The van der Waals surface area contributed by atoms with E-state index < -0.39 is 0 Å². The SMILES string of the molecule is COC1CCCC1NC1=NCCS1. The molecule has 1 aliphatic heterocycles. The van der Waals surface area contributed by atoms with E-state index in [1.165, 1.54) is 19.3 Å². The number of aliphatic imine (C=N–C) groups is 1. The monoisotopic (exact) mass is 200 g/mol. The number of nitrogens with zero attached hydrogens (tertiary/aromatic N) is 1. The van der Waals surface area contributed by atoms with Crippen LogP contribution in [0.25, 0.3) is 0 Å². The van der Waals surface area contributed by atoms with Crippen LogP contribution in [0.5, 0.6) is 0 Å². The van der Waals surface area contributed by atoms with Gasteiger partial charge in [0.15, 0.2) is 5.17 Å². The highest BCUT2D eigenvalue weighted by Crippen LogP contribution is 2.23. The Balaban J connectivity index is 1.86. The van der Waals surface area contributed by atoms with Gasteiger partial charge in [0, 0.05) is 12.9 Å². The lowest BCUT2D eigenvalue weighted by Gasteiger charge is -2.19. The smallest absolute Gasteiger partial charge is 0.156 e. The molecule has 1 fully saturated rings. The summed E-state index contributed by atoms with van der Waals surface area (Å²) in [6.45, 7) is 0.970. The van der Waals surface area contributed by atoms with E-state index in [1.807, 2.05) is 11.8 Å². The topological polar surface area (TPSA) is 33.6 Å². The summed E-state index contributed by atoms with van der Waals surface area (Å²) in [4.78, 5) is 4.38. The molecule has 2 rings (SSSR count). The van der Waals surface area contributed by atoms with Crippen molar-refractivity contribution in [3.8, 4) is 0 Å². The fraction of sp³-hybridized carbons (Fsp3) is 0.889. The van der Waals surface area contributed by atoms with Crippen molar-refractivity contribution in [1.29, 1.82) is 0 Å². The van der Waals surface area contributed by atoms with Crippen LogP contribution in [0, 0.1) is 0 Å². The van der Waals surface area contributed by atoms with Crippen molar-refractivity contribution in [2.45, 2.75) is 31.4 Å². The van der Waals surface area contributed by atoms with Crippen molar-refractivity contribution in [3.05, 3.63) is 0 Å². The van der Waals surface area contributed by atoms with Crippen LogP contribution in [0.4, 0.5) is 0 Å². The Kier molecular flexibility index (Phi) is 3.11. The first-order chi connectivity index (χ1) is 6.40. The summed E-state index contributed by atoms with van der Waals surface area (Å²) in [5, 5.41) is 4.59. The van der Waals surface area contributed by atoms with Gasteiger partial charge in [0.05, 0.1) is 18.7 Å². The fourth-order valence-electron chi connectivity index (χ4n) is 1.95. The van der Waals surface area contributed by atoms with Gasteiger partial charge in [-0.05, 0) is 19.3 Å². The molecule has 4 heteroatoms. The molecular formula is C9H16N2OS. The highest BCUT2D eigenvalue weighted by Gasteiger charge is 2.28. The summed E-state index contributed by atoms with van der Waals surface area (Å²) in [5.41, 5.74) is 0. The van der Waals surface area contributed by atoms with Gasteiger partial charge in [0.1, 0.15) is 0 Å². The number of methoxy groups -OCH3 is 1. The minimum atomic E-state index is 0.392. The molecule has 74 valence electrons. The number of ether oxygens (including phenoxy) is 1. The molecule has 0 bridgehead atoms. The maximum Gasteiger partial charge on any atom is 0.156 e. The lowest BCUT2D eigenvalue weighted by atomic mass is 10.2. The van der Waals surface area contributed by atoms with E-state index >= 15 is 0 Å². The van der Waals surface area contributed by atoms with Gasteiger partial charge in [0.25, 0.3) is 0 Å². The Morgan fingerprint density at radius 3 is 3.15 bits per heavy atom. The molecule has 0 amide bonds. The second-order valence-corrected chi connectivity index (χ2v) is 4.57. The van der Waals surface area contributed by atoms with Crippen molar-refractivity contribution in [1.82, 2.24) is 5.32 Å². The van der Waals surface area contributed by atoms with Gasteiger partial charge >= 0.3 is 0 Å². The van der Waals surface area contributed by atoms with Crippen LogP contribution in [-0.2, 0) is 4.74 Å². The first kappa shape index (κ1) is 9.34. The van der Waals surface area contributed by atoms with Crippen LogP contribution in [0.15, 0.2) is 4.99 Å². The number of thioether (sulfide) groups is 1. The largest absolute Gasteiger partial charge is 0.379 e. The molecule has 2 unspecified atom stereocenters. The number of hydrogen-bond acceptors (Lipinski definition) is 4. The minimum absolute atomic E-state index is 0.392. The molecule has 0 aromatic rings. The molecule has 0 aromatic heterocycles. The maximum atomic E-state index is 5.41. The Hall–Kier alpha value is -0.220. The molecule has 13 heavy (non-hydrogen) atoms. The molecule has 0 spiro atoms. The van der Waals surface area contributed by atoms with Gasteiger partial charge in [-0.1, -0.05) is 11.8 Å². The molecule has 3 nitrogen and oxygen atoms in total. The summed E-state index contributed by atoms with van der Waals surface area (Å²) >= 11 is 1.83. The fourth-order valence-corrected chi connectivity index (χ4v) is 2.75. The lowest BCUT2D eigenvalue weighted by Crippen LogP contribution is -2.39. The number of rotatable bonds is 2. The van der Waals surface area contributed by atoms with Crippen LogP contribution in [-0.4, -0.2) is 36.7 Å². The second kappa shape index (κ2) is 4.33. The van der Waals surface area contributed by atoms with Crippen LogP contribution < -0.4 is 5.32 Å². The van der Waals surface area contributed by atoms with Crippen LogP contribution >= 0.6 is 11.8 Å². The number of nitrogens with one attached hydrogen (secondary N) is 1. The van der Waals surface area contributed by atoms with Crippen molar-refractivity contribution in [2.75, 3.05) is 19.4 Å². The molecule has 1 aliphatic carbocycles. The molecule has 1 N–H and O–H groups in total. The number of amidine groups is 1. The Bertz CT molecular complexity index is 208. The second-order valence-electron chi connectivity index (χ2n) is 3.49. The zero-order valence-corrected chi connectivity index (χ0v) is 8.77. The highest BCUT2D eigenvalue weighted by atomic mass is 32.2.